The smallest absolute Gasteiger partial charge is 0.228 e. The quantitative estimate of drug-likeness (QED) is 0.759. The number of ketones is 1. The Morgan fingerprint density at radius 1 is 1.41 bits per heavy atom. The number of carbonyl (C=O) groups excluding carboxylic acids is 2. The summed E-state index contributed by atoms with van der Waals surface area (Å²) in [6.07, 6.45) is 2.41. The number of rotatable bonds is 5. The van der Waals surface area contributed by atoms with Crippen molar-refractivity contribution in [3.05, 3.63) is 10.6 Å². The summed E-state index contributed by atoms with van der Waals surface area (Å²) >= 11 is 1.28. The first kappa shape index (κ1) is 13.8. The van der Waals surface area contributed by atoms with E-state index in [1.807, 2.05) is 0 Å². The Kier molecular flexibility index (Phi) is 4.81. The zero-order valence-corrected chi connectivity index (χ0v) is 11.6. The third-order valence-electron chi connectivity index (χ3n) is 2.51. The van der Waals surface area contributed by atoms with Crippen LogP contribution in [0.4, 0.5) is 5.13 Å². The first-order valence-electron chi connectivity index (χ1n) is 5.72. The number of nitrogens with zero attached hydrogens (tertiary/aromatic N) is 2. The molecule has 0 saturated heterocycles. The van der Waals surface area contributed by atoms with Gasteiger partial charge in [0.15, 0.2) is 10.9 Å². The van der Waals surface area contributed by atoms with Gasteiger partial charge in [0.2, 0.25) is 5.91 Å². The van der Waals surface area contributed by atoms with Crippen molar-refractivity contribution in [1.82, 2.24) is 4.98 Å². The summed E-state index contributed by atoms with van der Waals surface area (Å²) in [5.74, 6) is 0.0522. The lowest BCUT2D eigenvalue weighted by Crippen LogP contribution is -2.25. The second-order valence-electron chi connectivity index (χ2n) is 4.02. The SMILES string of the molecule is CCCCC(=O)N(C)c1nc(C)c(C(C)=O)s1. The van der Waals surface area contributed by atoms with Gasteiger partial charge in [-0.15, -0.1) is 0 Å². The number of carbonyl (C=O) groups is 2. The number of thiazole rings is 1. The summed E-state index contributed by atoms with van der Waals surface area (Å²) in [5, 5.41) is 0.605. The molecule has 0 bridgehead atoms. The number of amides is 1. The van der Waals surface area contributed by atoms with Crippen molar-refractivity contribution >= 4 is 28.2 Å². The number of aromatic nitrogens is 1. The van der Waals surface area contributed by atoms with E-state index in [1.165, 1.54) is 18.3 Å². The second-order valence-corrected chi connectivity index (χ2v) is 5.00. The molecule has 1 aromatic rings. The fraction of sp³-hybridized carbons (Fsp3) is 0.583. The lowest BCUT2D eigenvalue weighted by Gasteiger charge is -2.12. The zero-order valence-electron chi connectivity index (χ0n) is 10.7. The van der Waals surface area contributed by atoms with Crippen LogP contribution in [0.25, 0.3) is 0 Å². The summed E-state index contributed by atoms with van der Waals surface area (Å²) in [4.78, 5) is 29.6. The molecule has 5 heteroatoms. The van der Waals surface area contributed by atoms with Crippen LogP contribution in [-0.4, -0.2) is 23.7 Å². The highest BCUT2D eigenvalue weighted by atomic mass is 32.1. The van der Waals surface area contributed by atoms with Crippen LogP contribution in [0.1, 0.15) is 48.5 Å². The zero-order chi connectivity index (χ0) is 13.0. The van der Waals surface area contributed by atoms with Gasteiger partial charge in [0.05, 0.1) is 10.6 Å². The maximum atomic E-state index is 11.8. The van der Waals surface area contributed by atoms with Crippen LogP contribution in [0.5, 0.6) is 0 Å². The number of aryl methyl sites for hydroxylation is 1. The van der Waals surface area contributed by atoms with Gasteiger partial charge in [-0.3, -0.25) is 14.5 Å². The maximum absolute atomic E-state index is 11.8. The Morgan fingerprint density at radius 3 is 2.53 bits per heavy atom. The van der Waals surface area contributed by atoms with Gasteiger partial charge < -0.3 is 0 Å². The molecule has 4 nitrogen and oxygen atoms in total. The van der Waals surface area contributed by atoms with Crippen molar-refractivity contribution in [2.75, 3.05) is 11.9 Å². The molecule has 0 aromatic carbocycles. The molecule has 0 spiro atoms. The number of unbranched alkanes of at least 4 members (excludes halogenated alkanes) is 1. The van der Waals surface area contributed by atoms with Crippen LogP contribution in [0.2, 0.25) is 0 Å². The molecule has 17 heavy (non-hydrogen) atoms. The second kappa shape index (κ2) is 5.91. The number of hydrogen-bond donors (Lipinski definition) is 0. The molecule has 0 aliphatic rings. The Labute approximate surface area is 106 Å². The van der Waals surface area contributed by atoms with Crippen LogP contribution in [0, 0.1) is 6.92 Å². The average molecular weight is 254 g/mol. The van der Waals surface area contributed by atoms with E-state index >= 15 is 0 Å². The van der Waals surface area contributed by atoms with E-state index in [0.717, 1.165) is 12.8 Å². The molecule has 0 atom stereocenters. The molecule has 0 saturated carbocycles. The first-order chi connectivity index (χ1) is 7.97. The van der Waals surface area contributed by atoms with Crippen molar-refractivity contribution in [1.29, 1.82) is 0 Å². The van der Waals surface area contributed by atoms with Crippen molar-refractivity contribution in [3.63, 3.8) is 0 Å². The minimum Gasteiger partial charge on any atom is -0.294 e. The molecule has 0 N–H and O–H groups in total. The van der Waals surface area contributed by atoms with Crippen molar-refractivity contribution in [2.45, 2.75) is 40.0 Å². The Hall–Kier alpha value is -1.23. The highest BCUT2D eigenvalue weighted by Crippen LogP contribution is 2.26. The predicted octanol–water partition coefficient (Wildman–Crippen LogP) is 2.81. The first-order valence-corrected chi connectivity index (χ1v) is 6.54. The summed E-state index contributed by atoms with van der Waals surface area (Å²) in [7, 11) is 1.71. The Morgan fingerprint density at radius 2 is 2.06 bits per heavy atom. The largest absolute Gasteiger partial charge is 0.294 e. The Balaban J connectivity index is 2.82. The molecule has 1 amide bonds. The molecular formula is C12H18N2O2S. The molecule has 94 valence electrons. The van der Waals surface area contributed by atoms with Crippen LogP contribution >= 0.6 is 11.3 Å². The van der Waals surface area contributed by atoms with E-state index in [4.69, 9.17) is 0 Å². The van der Waals surface area contributed by atoms with E-state index in [9.17, 15) is 9.59 Å². The van der Waals surface area contributed by atoms with Gasteiger partial charge in [0, 0.05) is 20.4 Å². The van der Waals surface area contributed by atoms with E-state index in [1.54, 1.807) is 18.9 Å². The molecule has 0 fully saturated rings. The van der Waals surface area contributed by atoms with Crippen molar-refractivity contribution in [2.24, 2.45) is 0 Å². The van der Waals surface area contributed by atoms with Crippen LogP contribution < -0.4 is 4.90 Å². The van der Waals surface area contributed by atoms with Gasteiger partial charge in [0.1, 0.15) is 0 Å². The van der Waals surface area contributed by atoms with Gasteiger partial charge in [0.25, 0.3) is 0 Å². The minimum absolute atomic E-state index is 0.000608. The highest BCUT2D eigenvalue weighted by Gasteiger charge is 2.17. The molecule has 1 rings (SSSR count). The lowest BCUT2D eigenvalue weighted by molar-refractivity contribution is -0.118. The van der Waals surface area contributed by atoms with Gasteiger partial charge in [-0.2, -0.15) is 0 Å². The summed E-state index contributed by atoms with van der Waals surface area (Å²) in [5.41, 5.74) is 0.702. The van der Waals surface area contributed by atoms with Crippen molar-refractivity contribution in [3.8, 4) is 0 Å². The summed E-state index contributed by atoms with van der Waals surface area (Å²) < 4.78 is 0. The van der Waals surface area contributed by atoms with E-state index in [2.05, 4.69) is 11.9 Å². The fourth-order valence-electron chi connectivity index (χ4n) is 1.45. The van der Waals surface area contributed by atoms with Crippen LogP contribution in [-0.2, 0) is 4.79 Å². The maximum Gasteiger partial charge on any atom is 0.228 e. The van der Waals surface area contributed by atoms with E-state index in [-0.39, 0.29) is 11.7 Å². The number of hydrogen-bond acceptors (Lipinski definition) is 4. The monoisotopic (exact) mass is 254 g/mol. The summed E-state index contributed by atoms with van der Waals surface area (Å²) in [6, 6.07) is 0. The summed E-state index contributed by atoms with van der Waals surface area (Å²) in [6.45, 7) is 5.36. The van der Waals surface area contributed by atoms with Gasteiger partial charge in [-0.25, -0.2) is 4.98 Å². The number of anilines is 1. The molecule has 0 radical (unpaired) electrons. The average Bonchev–Trinajstić information content (AvgIpc) is 2.67. The highest BCUT2D eigenvalue weighted by molar-refractivity contribution is 7.17. The molecule has 1 heterocycles. The molecule has 1 aromatic heterocycles. The molecular weight excluding hydrogens is 236 g/mol. The Bertz CT molecular complexity index is 426. The topological polar surface area (TPSA) is 50.3 Å². The molecule has 0 aliphatic heterocycles. The fourth-order valence-corrected chi connectivity index (χ4v) is 2.40. The van der Waals surface area contributed by atoms with Gasteiger partial charge >= 0.3 is 0 Å². The minimum atomic E-state index is 0.000608. The normalized spacial score (nSPS) is 10.4. The van der Waals surface area contributed by atoms with Crippen LogP contribution in [0.3, 0.4) is 0 Å². The molecule has 0 unspecified atom stereocenters. The van der Waals surface area contributed by atoms with E-state index < -0.39 is 0 Å². The number of Topliss-reactive ketones (excluding diaryl/α,β-unsaturated/α-hetero) is 1. The third kappa shape index (κ3) is 3.36. The third-order valence-corrected chi connectivity index (χ3v) is 3.85. The lowest BCUT2D eigenvalue weighted by atomic mass is 10.2. The van der Waals surface area contributed by atoms with Crippen molar-refractivity contribution < 1.29 is 9.59 Å². The van der Waals surface area contributed by atoms with E-state index in [0.29, 0.717) is 22.1 Å². The van der Waals surface area contributed by atoms with Crippen LogP contribution in [0.15, 0.2) is 0 Å². The van der Waals surface area contributed by atoms with Gasteiger partial charge in [-0.05, 0) is 13.3 Å². The predicted molar refractivity (Wildman–Crippen MR) is 69.8 cm³/mol. The standard InChI is InChI=1S/C12H18N2O2S/c1-5-6-7-10(16)14(4)12-13-8(2)11(17-12)9(3)15/h5-7H2,1-4H3. The van der Waals surface area contributed by atoms with Gasteiger partial charge in [-0.1, -0.05) is 24.7 Å². The molecule has 0 aliphatic carbocycles.